The number of nitrogens with two attached hydrogens (primary N) is 1. The molecule has 94 valence electrons. The molecule has 0 bridgehead atoms. The van der Waals surface area contributed by atoms with Crippen LogP contribution in [0.2, 0.25) is 0 Å². The Bertz CT molecular complexity index is 537. The first kappa shape index (κ1) is 11.8. The minimum atomic E-state index is -3.98. The van der Waals surface area contributed by atoms with Crippen LogP contribution in [0.1, 0.15) is 13.8 Å². The van der Waals surface area contributed by atoms with Gasteiger partial charge in [0.25, 0.3) is 0 Å². The zero-order valence-electron chi connectivity index (χ0n) is 9.63. The van der Waals surface area contributed by atoms with Gasteiger partial charge in [0.2, 0.25) is 5.75 Å². The van der Waals surface area contributed by atoms with Crippen LogP contribution in [0.15, 0.2) is 12.1 Å². The molecular formula is C10H14N2O4S. The SMILES string of the molecule is CCN(CC)c1c(N)ccc2c1OS(=O)(=O)O2. The number of nitrogens with zero attached hydrogens (tertiary/aromatic N) is 1. The molecule has 2 rings (SSSR count). The predicted molar refractivity (Wildman–Crippen MR) is 64.6 cm³/mol. The maximum Gasteiger partial charge on any atom is 0.501 e. The molecule has 0 saturated heterocycles. The molecule has 2 N–H and O–H groups in total. The van der Waals surface area contributed by atoms with Gasteiger partial charge in [-0.15, -0.1) is 8.42 Å². The van der Waals surface area contributed by atoms with Crippen LogP contribution >= 0.6 is 0 Å². The van der Waals surface area contributed by atoms with E-state index in [4.69, 9.17) is 14.1 Å². The topological polar surface area (TPSA) is 81.9 Å². The second kappa shape index (κ2) is 3.99. The number of fused-ring (bicyclic) bond motifs is 1. The quantitative estimate of drug-likeness (QED) is 0.818. The van der Waals surface area contributed by atoms with Gasteiger partial charge in [0.05, 0.1) is 5.69 Å². The Morgan fingerprint density at radius 3 is 2.47 bits per heavy atom. The van der Waals surface area contributed by atoms with Crippen LogP contribution in [0.5, 0.6) is 11.5 Å². The molecule has 0 saturated carbocycles. The van der Waals surface area contributed by atoms with Crippen molar-refractivity contribution in [3.05, 3.63) is 12.1 Å². The van der Waals surface area contributed by atoms with Gasteiger partial charge in [-0.3, -0.25) is 0 Å². The monoisotopic (exact) mass is 258 g/mol. The van der Waals surface area contributed by atoms with Gasteiger partial charge >= 0.3 is 10.4 Å². The molecule has 0 unspecified atom stereocenters. The highest BCUT2D eigenvalue weighted by molar-refractivity contribution is 7.82. The minimum absolute atomic E-state index is 0.175. The number of nitrogen functional groups attached to an aromatic ring is 1. The lowest BCUT2D eigenvalue weighted by atomic mass is 10.2. The van der Waals surface area contributed by atoms with Crippen molar-refractivity contribution < 1.29 is 16.8 Å². The van der Waals surface area contributed by atoms with Crippen LogP contribution in [0.4, 0.5) is 11.4 Å². The summed E-state index contributed by atoms with van der Waals surface area (Å²) < 4.78 is 32.0. The molecule has 7 heteroatoms. The van der Waals surface area contributed by atoms with Gasteiger partial charge in [-0.2, -0.15) is 0 Å². The second-order valence-corrected chi connectivity index (χ2v) is 4.73. The van der Waals surface area contributed by atoms with Crippen molar-refractivity contribution >= 4 is 21.8 Å². The van der Waals surface area contributed by atoms with E-state index in [0.29, 0.717) is 24.5 Å². The molecule has 6 nitrogen and oxygen atoms in total. The van der Waals surface area contributed by atoms with E-state index >= 15 is 0 Å². The first-order valence-corrected chi connectivity index (χ1v) is 6.63. The maximum absolute atomic E-state index is 11.2. The molecule has 17 heavy (non-hydrogen) atoms. The van der Waals surface area contributed by atoms with Crippen LogP contribution in [-0.2, 0) is 10.4 Å². The third-order valence-corrected chi connectivity index (χ3v) is 3.34. The highest BCUT2D eigenvalue weighted by atomic mass is 32.3. The van der Waals surface area contributed by atoms with Crippen LogP contribution in [0, 0.1) is 0 Å². The van der Waals surface area contributed by atoms with Crippen LogP contribution < -0.4 is 19.0 Å². The average Bonchev–Trinajstić information content (AvgIpc) is 2.57. The Labute approximate surface area is 100 Å². The van der Waals surface area contributed by atoms with Gasteiger partial charge in [-0.1, -0.05) is 0 Å². The van der Waals surface area contributed by atoms with Gasteiger partial charge in [-0.25, -0.2) is 0 Å². The Morgan fingerprint density at radius 1 is 1.24 bits per heavy atom. The average molecular weight is 258 g/mol. The number of hydrogen-bond donors (Lipinski definition) is 1. The van der Waals surface area contributed by atoms with Crippen LogP contribution in [0.3, 0.4) is 0 Å². The summed E-state index contributed by atoms with van der Waals surface area (Å²) in [6.07, 6.45) is 0. The van der Waals surface area contributed by atoms with Crippen LogP contribution in [0.25, 0.3) is 0 Å². The predicted octanol–water partition coefficient (Wildman–Crippen LogP) is 1.13. The second-order valence-electron chi connectivity index (χ2n) is 3.58. The summed E-state index contributed by atoms with van der Waals surface area (Å²) in [7, 11) is -3.98. The normalized spacial score (nSPS) is 15.9. The largest absolute Gasteiger partial charge is 0.501 e. The summed E-state index contributed by atoms with van der Waals surface area (Å²) in [6.45, 7) is 5.29. The van der Waals surface area contributed by atoms with Crippen molar-refractivity contribution in [3.63, 3.8) is 0 Å². The summed E-state index contributed by atoms with van der Waals surface area (Å²) in [4.78, 5) is 1.92. The number of benzene rings is 1. The molecule has 1 aromatic rings. The molecule has 1 aromatic carbocycles. The van der Waals surface area contributed by atoms with Gasteiger partial charge in [0.15, 0.2) is 5.75 Å². The van der Waals surface area contributed by atoms with E-state index < -0.39 is 10.4 Å². The fraction of sp³-hybridized carbons (Fsp3) is 0.400. The van der Waals surface area contributed by atoms with E-state index in [2.05, 4.69) is 0 Å². The van der Waals surface area contributed by atoms with Crippen molar-refractivity contribution in [3.8, 4) is 11.5 Å². The fourth-order valence-electron chi connectivity index (χ4n) is 1.81. The molecular weight excluding hydrogens is 244 g/mol. The van der Waals surface area contributed by atoms with E-state index in [9.17, 15) is 8.42 Å². The van der Waals surface area contributed by atoms with Gasteiger partial charge < -0.3 is 19.0 Å². The van der Waals surface area contributed by atoms with E-state index in [1.165, 1.54) is 6.07 Å². The van der Waals surface area contributed by atoms with E-state index in [1.807, 2.05) is 18.7 Å². The standard InChI is InChI=1S/C10H14N2O4S/c1-3-12(4-2)9-7(11)5-6-8-10(9)16-17(13,14)15-8/h5-6H,3-4,11H2,1-2H3. The Hall–Kier alpha value is -1.63. The molecule has 0 radical (unpaired) electrons. The molecule has 1 aliphatic rings. The summed E-state index contributed by atoms with van der Waals surface area (Å²) in [5.74, 6) is 0.356. The number of rotatable bonds is 3. The Kier molecular flexibility index (Phi) is 2.78. The van der Waals surface area contributed by atoms with E-state index in [-0.39, 0.29) is 11.5 Å². The lowest BCUT2D eigenvalue weighted by Crippen LogP contribution is -2.23. The first-order chi connectivity index (χ1) is 7.98. The molecule has 0 spiro atoms. The third kappa shape index (κ3) is 1.97. The molecule has 0 fully saturated rings. The highest BCUT2D eigenvalue weighted by Gasteiger charge is 2.33. The summed E-state index contributed by atoms with van der Waals surface area (Å²) in [5, 5.41) is 0. The van der Waals surface area contributed by atoms with Crippen molar-refractivity contribution in [1.82, 2.24) is 0 Å². The highest BCUT2D eigenvalue weighted by Crippen LogP contribution is 2.46. The molecule has 0 aromatic heterocycles. The summed E-state index contributed by atoms with van der Waals surface area (Å²) in [5.41, 5.74) is 6.89. The smallest absolute Gasteiger partial charge is 0.397 e. The minimum Gasteiger partial charge on any atom is -0.397 e. The maximum atomic E-state index is 11.2. The molecule has 0 aliphatic carbocycles. The van der Waals surface area contributed by atoms with Gasteiger partial charge in [0, 0.05) is 13.1 Å². The Balaban J connectivity index is 2.58. The van der Waals surface area contributed by atoms with Crippen molar-refractivity contribution in [2.24, 2.45) is 0 Å². The lowest BCUT2D eigenvalue weighted by Gasteiger charge is -2.23. The van der Waals surface area contributed by atoms with E-state index in [1.54, 1.807) is 6.07 Å². The lowest BCUT2D eigenvalue weighted by molar-refractivity contribution is 0.436. The molecule has 0 amide bonds. The zero-order valence-corrected chi connectivity index (χ0v) is 10.5. The van der Waals surface area contributed by atoms with Gasteiger partial charge in [-0.05, 0) is 26.0 Å². The third-order valence-electron chi connectivity index (χ3n) is 2.58. The first-order valence-electron chi connectivity index (χ1n) is 5.29. The summed E-state index contributed by atoms with van der Waals surface area (Å²) in [6, 6.07) is 3.10. The molecule has 0 atom stereocenters. The van der Waals surface area contributed by atoms with E-state index in [0.717, 1.165) is 0 Å². The fourth-order valence-corrected chi connectivity index (χ4v) is 2.56. The van der Waals surface area contributed by atoms with Crippen LogP contribution in [-0.4, -0.2) is 21.5 Å². The van der Waals surface area contributed by atoms with Crippen molar-refractivity contribution in [2.75, 3.05) is 23.7 Å². The molecule has 1 aliphatic heterocycles. The van der Waals surface area contributed by atoms with Gasteiger partial charge in [0.1, 0.15) is 5.69 Å². The number of hydrogen-bond acceptors (Lipinski definition) is 6. The van der Waals surface area contributed by atoms with Crippen molar-refractivity contribution in [1.29, 1.82) is 0 Å². The molecule has 1 heterocycles. The Morgan fingerprint density at radius 2 is 1.88 bits per heavy atom. The number of anilines is 2. The summed E-state index contributed by atoms with van der Waals surface area (Å²) >= 11 is 0. The zero-order chi connectivity index (χ0) is 12.6. The van der Waals surface area contributed by atoms with Crippen molar-refractivity contribution in [2.45, 2.75) is 13.8 Å².